The fourth-order valence-electron chi connectivity index (χ4n) is 5.12. The fraction of sp³-hybridized carbons (Fsp3) is 0.531. The Morgan fingerprint density at radius 1 is 1.00 bits per heavy atom. The number of carbonyl (C=O) groups is 3. The number of rotatable bonds is 16. The van der Waals surface area contributed by atoms with Crippen molar-refractivity contribution < 1.29 is 63.6 Å². The number of benzene rings is 1. The van der Waals surface area contributed by atoms with E-state index in [1.165, 1.54) is 19.3 Å². The molecule has 0 saturated carbocycles. The minimum atomic E-state index is -1.68. The van der Waals surface area contributed by atoms with E-state index < -0.39 is 67.5 Å². The molecule has 0 unspecified atom stereocenters. The maximum Gasteiger partial charge on any atom is 0.337 e. The smallest absolute Gasteiger partial charge is 0.337 e. The number of esters is 1. The molecule has 45 heavy (non-hydrogen) atoms. The van der Waals surface area contributed by atoms with Crippen LogP contribution in [0.4, 0.5) is 0 Å². The predicted molar refractivity (Wildman–Crippen MR) is 157 cm³/mol. The number of methoxy groups -OCH3 is 2. The van der Waals surface area contributed by atoms with Crippen LogP contribution >= 0.6 is 0 Å². The fourth-order valence-corrected chi connectivity index (χ4v) is 5.12. The first-order chi connectivity index (χ1) is 21.5. The second-order valence-electron chi connectivity index (χ2n) is 10.9. The van der Waals surface area contributed by atoms with Gasteiger partial charge in [0.25, 0.3) is 0 Å². The molecule has 0 radical (unpaired) electrons. The van der Waals surface area contributed by atoms with Gasteiger partial charge in [-0.3, -0.25) is 9.59 Å². The molecular formula is C32H42O13. The van der Waals surface area contributed by atoms with Crippen LogP contribution in [-0.2, 0) is 39.8 Å². The van der Waals surface area contributed by atoms with Gasteiger partial charge in [0.05, 0.1) is 44.7 Å². The summed E-state index contributed by atoms with van der Waals surface area (Å²) >= 11 is 0. The first-order valence-electron chi connectivity index (χ1n) is 14.6. The Balaban J connectivity index is 1.58. The lowest BCUT2D eigenvalue weighted by Crippen LogP contribution is -2.60. The standard InChI is InChI=1S/C32H42O13/c1-4-23-24(7-5-6-19(34)14-21(36)15-20(35)11-8-18-9-12-22(41-2)13-10-18)25(30(40)42-3)17-43-31(23)45-32-29(39)28(38)27(37)26(16-33)44-32/h4-5,7,9-10,12-13,17,21,23-24,26-29,31-33,36-39H,1,6,8,11,14-16H2,2-3H3/b7-5+/t21-,23-,24+,26-,27-,28+,29-,31+,32+/m1/s1. The highest BCUT2D eigenvalue weighted by Gasteiger charge is 2.47. The van der Waals surface area contributed by atoms with E-state index in [-0.39, 0.29) is 42.8 Å². The van der Waals surface area contributed by atoms with Crippen LogP contribution in [0.3, 0.4) is 0 Å². The maximum atomic E-state index is 12.6. The SMILES string of the molecule is C=C[C@H]1[C@H](O[C@@H]2O[C@H](CO)[C@@H](O)[C@H](O)[C@H]2O)OC=C(C(=O)OC)[C@H]1/C=C/CC(=O)C[C@@H](O)CC(=O)CCc1ccc(OC)cc1. The van der Waals surface area contributed by atoms with Gasteiger partial charge < -0.3 is 49.2 Å². The first-order valence-corrected chi connectivity index (χ1v) is 14.6. The van der Waals surface area contributed by atoms with Gasteiger partial charge in [0, 0.05) is 31.6 Å². The Bertz CT molecular complexity index is 1210. The molecule has 1 aromatic rings. The Hall–Kier alpha value is -3.43. The highest BCUT2D eigenvalue weighted by Crippen LogP contribution is 2.36. The van der Waals surface area contributed by atoms with Crippen LogP contribution in [0.2, 0.25) is 0 Å². The molecule has 248 valence electrons. The van der Waals surface area contributed by atoms with Crippen molar-refractivity contribution in [2.45, 2.75) is 75.2 Å². The highest BCUT2D eigenvalue weighted by molar-refractivity contribution is 5.89. The Morgan fingerprint density at radius 2 is 1.69 bits per heavy atom. The van der Waals surface area contributed by atoms with Gasteiger partial charge in [-0.15, -0.1) is 6.58 Å². The molecule has 2 heterocycles. The van der Waals surface area contributed by atoms with Crippen LogP contribution in [0.15, 0.2) is 60.9 Å². The van der Waals surface area contributed by atoms with Gasteiger partial charge in [0.1, 0.15) is 41.7 Å². The molecule has 0 aromatic heterocycles. The van der Waals surface area contributed by atoms with Crippen molar-refractivity contribution in [1.29, 1.82) is 0 Å². The van der Waals surface area contributed by atoms with Gasteiger partial charge in [-0.05, 0) is 24.1 Å². The summed E-state index contributed by atoms with van der Waals surface area (Å²) in [4.78, 5) is 37.5. The summed E-state index contributed by atoms with van der Waals surface area (Å²) in [5.74, 6) is -2.05. The Labute approximate surface area is 261 Å². The number of ketones is 2. The van der Waals surface area contributed by atoms with Crippen molar-refractivity contribution in [3.05, 3.63) is 66.5 Å². The lowest BCUT2D eigenvalue weighted by atomic mass is 9.83. The second kappa shape index (κ2) is 17.3. The van der Waals surface area contributed by atoms with Crippen LogP contribution in [-0.4, -0.2) is 107 Å². The number of Topliss-reactive ketones (excluding diaryl/α,β-unsaturated/α-hetero) is 2. The van der Waals surface area contributed by atoms with Crippen LogP contribution < -0.4 is 4.74 Å². The van der Waals surface area contributed by atoms with E-state index >= 15 is 0 Å². The summed E-state index contributed by atoms with van der Waals surface area (Å²) in [6.45, 7) is 3.13. The van der Waals surface area contributed by atoms with Gasteiger partial charge in [0.2, 0.25) is 6.29 Å². The largest absolute Gasteiger partial charge is 0.497 e. The molecule has 1 saturated heterocycles. The van der Waals surface area contributed by atoms with E-state index in [4.69, 9.17) is 23.7 Å². The molecule has 1 aromatic carbocycles. The van der Waals surface area contributed by atoms with Crippen molar-refractivity contribution in [1.82, 2.24) is 0 Å². The molecule has 13 heteroatoms. The first kappa shape index (κ1) is 36.0. The molecule has 9 atom stereocenters. The Kier molecular flexibility index (Phi) is 13.9. The van der Waals surface area contributed by atoms with Gasteiger partial charge in [-0.25, -0.2) is 4.79 Å². The molecule has 0 spiro atoms. The summed E-state index contributed by atoms with van der Waals surface area (Å²) in [5.41, 5.74) is 1.04. The maximum absolute atomic E-state index is 12.6. The molecule has 3 rings (SSSR count). The molecule has 0 bridgehead atoms. The van der Waals surface area contributed by atoms with Crippen molar-refractivity contribution in [2.75, 3.05) is 20.8 Å². The summed E-state index contributed by atoms with van der Waals surface area (Å²) in [6.07, 6.45) is -4.16. The van der Waals surface area contributed by atoms with E-state index in [2.05, 4.69) is 6.58 Å². The zero-order chi connectivity index (χ0) is 33.1. The minimum absolute atomic E-state index is 0.0854. The minimum Gasteiger partial charge on any atom is -0.497 e. The molecule has 0 aliphatic carbocycles. The zero-order valence-corrected chi connectivity index (χ0v) is 25.3. The van der Waals surface area contributed by atoms with Crippen molar-refractivity contribution >= 4 is 17.5 Å². The molecule has 13 nitrogen and oxygen atoms in total. The molecule has 0 amide bonds. The zero-order valence-electron chi connectivity index (χ0n) is 25.3. The van der Waals surface area contributed by atoms with Gasteiger partial charge in [-0.2, -0.15) is 0 Å². The van der Waals surface area contributed by atoms with Crippen LogP contribution in [0.25, 0.3) is 0 Å². The summed E-state index contributed by atoms with van der Waals surface area (Å²) < 4.78 is 26.7. The van der Waals surface area contributed by atoms with Crippen LogP contribution in [0.1, 0.15) is 31.2 Å². The van der Waals surface area contributed by atoms with Gasteiger partial charge >= 0.3 is 5.97 Å². The molecule has 1 fully saturated rings. The van der Waals surface area contributed by atoms with Crippen molar-refractivity contribution in [2.24, 2.45) is 11.8 Å². The average Bonchev–Trinajstić information content (AvgIpc) is 3.03. The van der Waals surface area contributed by atoms with Gasteiger partial charge in [0.15, 0.2) is 6.29 Å². The second-order valence-corrected chi connectivity index (χ2v) is 10.9. The monoisotopic (exact) mass is 634 g/mol. The van der Waals surface area contributed by atoms with Crippen molar-refractivity contribution in [3.63, 3.8) is 0 Å². The number of aliphatic hydroxyl groups is 5. The van der Waals surface area contributed by atoms with E-state index in [0.717, 1.165) is 11.8 Å². The third kappa shape index (κ3) is 9.78. The topological polar surface area (TPSA) is 199 Å². The number of aryl methyl sites for hydroxylation is 1. The number of allylic oxidation sites excluding steroid dienone is 2. The Morgan fingerprint density at radius 3 is 2.31 bits per heavy atom. The number of carbonyl (C=O) groups excluding carboxylic acids is 3. The third-order valence-corrected chi connectivity index (χ3v) is 7.69. The number of hydrogen-bond acceptors (Lipinski definition) is 13. The van der Waals surface area contributed by atoms with E-state index in [1.54, 1.807) is 25.3 Å². The quantitative estimate of drug-likeness (QED) is 0.125. The molecule has 2 aliphatic heterocycles. The number of hydrogen-bond donors (Lipinski definition) is 5. The van der Waals surface area contributed by atoms with E-state index in [1.807, 2.05) is 12.1 Å². The van der Waals surface area contributed by atoms with Crippen molar-refractivity contribution in [3.8, 4) is 5.75 Å². The summed E-state index contributed by atoms with van der Waals surface area (Å²) in [5, 5.41) is 50.3. The van der Waals surface area contributed by atoms with Gasteiger partial charge in [-0.1, -0.05) is 30.4 Å². The lowest BCUT2D eigenvalue weighted by Gasteiger charge is -2.42. The average molecular weight is 635 g/mol. The third-order valence-electron chi connectivity index (χ3n) is 7.69. The summed E-state index contributed by atoms with van der Waals surface area (Å²) in [6, 6.07) is 7.32. The molecule has 5 N–H and O–H groups in total. The lowest BCUT2D eigenvalue weighted by molar-refractivity contribution is -0.338. The molecular weight excluding hydrogens is 592 g/mol. The molecule has 2 aliphatic rings. The normalized spacial score (nSPS) is 28.9. The number of ether oxygens (including phenoxy) is 5. The highest BCUT2D eigenvalue weighted by atomic mass is 16.8. The van der Waals surface area contributed by atoms with Crippen LogP contribution in [0, 0.1) is 11.8 Å². The van der Waals surface area contributed by atoms with Crippen LogP contribution in [0.5, 0.6) is 5.75 Å². The summed E-state index contributed by atoms with van der Waals surface area (Å²) in [7, 11) is 2.75. The van der Waals surface area contributed by atoms with E-state index in [0.29, 0.717) is 12.2 Å². The number of aliphatic hydroxyl groups excluding tert-OH is 5. The van der Waals surface area contributed by atoms with E-state index in [9.17, 15) is 39.9 Å². The predicted octanol–water partition coefficient (Wildman–Crippen LogP) is 0.502.